The second-order valence-electron chi connectivity index (χ2n) is 6.67. The van der Waals surface area contributed by atoms with Crippen LogP contribution in [0.1, 0.15) is 57.6 Å². The molecular formula is C19H33ClNO2+. The summed E-state index contributed by atoms with van der Waals surface area (Å²) in [5.74, 6) is 1.18. The van der Waals surface area contributed by atoms with Gasteiger partial charge >= 0.3 is 0 Å². The van der Waals surface area contributed by atoms with Gasteiger partial charge < -0.3 is 14.7 Å². The van der Waals surface area contributed by atoms with Gasteiger partial charge in [-0.2, -0.15) is 0 Å². The monoisotopic (exact) mass is 342 g/mol. The van der Waals surface area contributed by atoms with E-state index >= 15 is 0 Å². The molecule has 0 spiro atoms. The van der Waals surface area contributed by atoms with Crippen molar-refractivity contribution in [1.29, 1.82) is 0 Å². The number of halogens is 1. The number of likely N-dealkylation sites (N-methyl/N-ethyl adjacent to an activating group) is 1. The molecule has 0 fully saturated rings. The number of hydrogen-bond acceptors (Lipinski definition) is 2. The Hall–Kier alpha value is -0.770. The van der Waals surface area contributed by atoms with Crippen LogP contribution in [0.4, 0.5) is 0 Å². The van der Waals surface area contributed by atoms with Gasteiger partial charge in [-0.15, -0.1) is 0 Å². The number of aliphatic hydroxyl groups excluding tert-OH is 1. The van der Waals surface area contributed by atoms with Crippen LogP contribution in [0.15, 0.2) is 12.1 Å². The van der Waals surface area contributed by atoms with E-state index in [4.69, 9.17) is 16.3 Å². The number of aryl methyl sites for hydroxylation is 1. The van der Waals surface area contributed by atoms with Gasteiger partial charge in [0, 0.05) is 5.02 Å². The molecule has 0 saturated carbocycles. The average molecular weight is 343 g/mol. The number of unbranched alkanes of at least 4 members (excludes halogenated alkanes) is 1. The van der Waals surface area contributed by atoms with Crippen LogP contribution in [-0.2, 0) is 0 Å². The minimum Gasteiger partial charge on any atom is -0.490 e. The van der Waals surface area contributed by atoms with Gasteiger partial charge in [-0.25, -0.2) is 0 Å². The summed E-state index contributed by atoms with van der Waals surface area (Å²) >= 11 is 6.22. The van der Waals surface area contributed by atoms with Crippen LogP contribution in [0.5, 0.6) is 5.75 Å². The van der Waals surface area contributed by atoms with Gasteiger partial charge in [0.05, 0.1) is 13.1 Å². The Morgan fingerprint density at radius 3 is 2.52 bits per heavy atom. The molecule has 0 aliphatic rings. The van der Waals surface area contributed by atoms with Crippen molar-refractivity contribution in [3.8, 4) is 5.75 Å². The Labute approximate surface area is 146 Å². The molecule has 4 heteroatoms. The van der Waals surface area contributed by atoms with E-state index in [1.807, 2.05) is 19.1 Å². The van der Waals surface area contributed by atoms with Crippen LogP contribution in [0.2, 0.25) is 5.02 Å². The summed E-state index contributed by atoms with van der Waals surface area (Å²) in [6.07, 6.45) is 1.94. The Balaban J connectivity index is 2.64. The van der Waals surface area contributed by atoms with Crippen molar-refractivity contribution in [2.75, 3.05) is 26.2 Å². The topological polar surface area (TPSA) is 33.9 Å². The van der Waals surface area contributed by atoms with Crippen LogP contribution >= 0.6 is 11.6 Å². The van der Waals surface area contributed by atoms with E-state index in [1.165, 1.54) is 17.7 Å². The van der Waals surface area contributed by atoms with Crippen molar-refractivity contribution in [2.24, 2.45) is 0 Å². The molecule has 1 unspecified atom stereocenters. The van der Waals surface area contributed by atoms with Crippen molar-refractivity contribution < 1.29 is 14.7 Å². The molecule has 2 atom stereocenters. The molecule has 0 aliphatic heterocycles. The molecule has 1 aromatic carbocycles. The van der Waals surface area contributed by atoms with Gasteiger partial charge in [0.2, 0.25) is 0 Å². The summed E-state index contributed by atoms with van der Waals surface area (Å²) in [6.45, 7) is 13.8. The number of rotatable bonds is 10. The fraction of sp³-hybridized carbons (Fsp3) is 0.684. The third-order valence-electron chi connectivity index (χ3n) is 4.25. The molecule has 1 rings (SSSR count). The van der Waals surface area contributed by atoms with Crippen LogP contribution in [0.3, 0.4) is 0 Å². The lowest BCUT2D eigenvalue weighted by Gasteiger charge is -2.22. The minimum atomic E-state index is -0.446. The van der Waals surface area contributed by atoms with E-state index in [-0.39, 0.29) is 0 Å². The van der Waals surface area contributed by atoms with Crippen LogP contribution in [0, 0.1) is 6.92 Å². The highest BCUT2D eigenvalue weighted by atomic mass is 35.5. The summed E-state index contributed by atoms with van der Waals surface area (Å²) in [7, 11) is 0. The number of aliphatic hydroxyl groups is 1. The smallest absolute Gasteiger partial charge is 0.137 e. The number of nitrogens with one attached hydrogen (secondary N) is 1. The van der Waals surface area contributed by atoms with Gasteiger partial charge in [0.25, 0.3) is 0 Å². The standard InChI is InChI=1S/C19H32ClNO2/c1-6-8-9-21(7-2)12-16(22)13-23-19-10-15(5)18(20)11-17(19)14(3)4/h10-11,14,16,22H,6-9,12-13H2,1-5H3/p+1/t16-/m0/s1. The van der Waals surface area contributed by atoms with Crippen molar-refractivity contribution >= 4 is 11.6 Å². The maximum Gasteiger partial charge on any atom is 0.137 e. The molecule has 132 valence electrons. The lowest BCUT2D eigenvalue weighted by molar-refractivity contribution is -0.901. The molecule has 0 bridgehead atoms. The number of quaternary nitrogens is 1. The van der Waals surface area contributed by atoms with E-state index < -0.39 is 6.10 Å². The predicted octanol–water partition coefficient (Wildman–Crippen LogP) is 3.22. The van der Waals surface area contributed by atoms with Gasteiger partial charge in [-0.1, -0.05) is 38.8 Å². The third kappa shape index (κ3) is 6.70. The molecule has 0 aliphatic carbocycles. The number of ether oxygens (including phenoxy) is 1. The molecule has 0 amide bonds. The Morgan fingerprint density at radius 1 is 1.26 bits per heavy atom. The van der Waals surface area contributed by atoms with E-state index in [0.29, 0.717) is 12.5 Å². The fourth-order valence-electron chi connectivity index (χ4n) is 2.67. The van der Waals surface area contributed by atoms with Crippen molar-refractivity contribution in [3.63, 3.8) is 0 Å². The van der Waals surface area contributed by atoms with Gasteiger partial charge in [0.15, 0.2) is 0 Å². The van der Waals surface area contributed by atoms with Crippen molar-refractivity contribution in [1.82, 2.24) is 0 Å². The predicted molar refractivity (Wildman–Crippen MR) is 97.9 cm³/mol. The van der Waals surface area contributed by atoms with Gasteiger partial charge in [-0.05, 0) is 49.4 Å². The lowest BCUT2D eigenvalue weighted by Crippen LogP contribution is -3.13. The molecule has 23 heavy (non-hydrogen) atoms. The maximum absolute atomic E-state index is 10.3. The summed E-state index contributed by atoms with van der Waals surface area (Å²) in [5.41, 5.74) is 2.10. The Kier molecular flexibility index (Phi) is 8.96. The van der Waals surface area contributed by atoms with Crippen LogP contribution < -0.4 is 9.64 Å². The van der Waals surface area contributed by atoms with Crippen LogP contribution in [0.25, 0.3) is 0 Å². The van der Waals surface area contributed by atoms with Crippen LogP contribution in [-0.4, -0.2) is 37.5 Å². The third-order valence-corrected chi connectivity index (χ3v) is 4.66. The normalized spacial score (nSPS) is 14.1. The molecule has 0 radical (unpaired) electrons. The SMILES string of the molecule is CCCC[NH+](CC)C[C@H](O)COc1cc(C)c(Cl)cc1C(C)C. The second-order valence-corrected chi connectivity index (χ2v) is 7.08. The van der Waals surface area contributed by atoms with Gasteiger partial charge in [0.1, 0.15) is 25.0 Å². The summed E-state index contributed by atoms with van der Waals surface area (Å²) in [4.78, 5) is 1.43. The second kappa shape index (κ2) is 10.2. The van der Waals surface area contributed by atoms with Crippen molar-refractivity contribution in [3.05, 3.63) is 28.3 Å². The number of hydrogen-bond donors (Lipinski definition) is 2. The van der Waals surface area contributed by atoms with Crippen molar-refractivity contribution in [2.45, 2.75) is 59.5 Å². The summed E-state index contributed by atoms with van der Waals surface area (Å²) < 4.78 is 5.92. The molecule has 1 aromatic rings. The summed E-state index contributed by atoms with van der Waals surface area (Å²) in [5, 5.41) is 11.1. The van der Waals surface area contributed by atoms with E-state index in [2.05, 4.69) is 27.7 Å². The fourth-order valence-corrected chi connectivity index (χ4v) is 2.85. The minimum absolute atomic E-state index is 0.330. The zero-order valence-corrected chi connectivity index (χ0v) is 16.0. The van der Waals surface area contributed by atoms with E-state index in [1.54, 1.807) is 0 Å². The Bertz CT molecular complexity index is 477. The molecule has 3 nitrogen and oxygen atoms in total. The zero-order chi connectivity index (χ0) is 17.4. The van der Waals surface area contributed by atoms with Gasteiger partial charge in [-0.3, -0.25) is 0 Å². The summed E-state index contributed by atoms with van der Waals surface area (Å²) in [6, 6.07) is 3.96. The van der Waals surface area contributed by atoms with E-state index in [9.17, 15) is 5.11 Å². The first-order chi connectivity index (χ1) is 10.9. The first-order valence-corrected chi connectivity index (χ1v) is 9.21. The highest BCUT2D eigenvalue weighted by molar-refractivity contribution is 6.31. The lowest BCUT2D eigenvalue weighted by atomic mass is 10.0. The highest BCUT2D eigenvalue weighted by Crippen LogP contribution is 2.32. The molecule has 0 saturated heterocycles. The molecule has 0 heterocycles. The zero-order valence-electron chi connectivity index (χ0n) is 15.3. The average Bonchev–Trinajstić information content (AvgIpc) is 2.51. The van der Waals surface area contributed by atoms with E-state index in [0.717, 1.165) is 41.5 Å². The maximum atomic E-state index is 10.3. The molecular weight excluding hydrogens is 310 g/mol. The largest absolute Gasteiger partial charge is 0.490 e. The molecule has 2 N–H and O–H groups in total. The quantitative estimate of drug-likeness (QED) is 0.684. The Morgan fingerprint density at radius 2 is 1.96 bits per heavy atom. The number of benzene rings is 1. The first-order valence-electron chi connectivity index (χ1n) is 8.83. The first kappa shape index (κ1) is 20.3. The molecule has 0 aromatic heterocycles. The highest BCUT2D eigenvalue weighted by Gasteiger charge is 2.16.